The fraction of sp³-hybridized carbons (Fsp3) is 0.214. The zero-order valence-electron chi connectivity index (χ0n) is 18.2. The van der Waals surface area contributed by atoms with E-state index in [0.29, 0.717) is 0 Å². The molecule has 1 aliphatic rings. The number of unbranched alkanes of at least 4 members (excludes halogenated alkanes) is 1. The summed E-state index contributed by atoms with van der Waals surface area (Å²) in [4.78, 5) is 0. The Kier molecular flexibility index (Phi) is 14.2. The minimum Gasteiger partial charge on any atom is -1.00 e. The smallest absolute Gasteiger partial charge is 1.00 e. The second kappa shape index (κ2) is 14.8. The van der Waals surface area contributed by atoms with E-state index in [4.69, 9.17) is 0 Å². The van der Waals surface area contributed by atoms with Crippen molar-refractivity contribution < 1.29 is 58.9 Å². The Bertz CT molecular complexity index is 928. The average molecular weight is 518 g/mol. The molecule has 0 N–H and O–H groups in total. The van der Waals surface area contributed by atoms with Gasteiger partial charge < -0.3 is 37.2 Å². The monoisotopic (exact) mass is 516 g/mol. The van der Waals surface area contributed by atoms with E-state index in [-0.39, 0.29) is 64.4 Å². The number of halogens is 3. The Labute approximate surface area is 226 Å². The van der Waals surface area contributed by atoms with E-state index in [2.05, 4.69) is 110 Å². The van der Waals surface area contributed by atoms with Gasteiger partial charge in [-0.1, -0.05) is 105 Å². The van der Waals surface area contributed by atoms with Gasteiger partial charge in [-0.05, 0) is 17.5 Å². The molecule has 164 valence electrons. The van der Waals surface area contributed by atoms with Gasteiger partial charge in [-0.2, -0.15) is 17.7 Å². The molecule has 0 saturated carbocycles. The van der Waals surface area contributed by atoms with Gasteiger partial charge >= 0.3 is 21.7 Å². The van der Waals surface area contributed by atoms with Crippen molar-refractivity contribution in [3.8, 4) is 0 Å². The molecule has 4 heteroatoms. The predicted molar refractivity (Wildman–Crippen MR) is 119 cm³/mol. The summed E-state index contributed by atoms with van der Waals surface area (Å²) in [5, 5.41) is 0. The van der Waals surface area contributed by atoms with Crippen LogP contribution in [0.2, 0.25) is 0 Å². The summed E-state index contributed by atoms with van der Waals surface area (Å²) >= 11 is 0. The summed E-state index contributed by atoms with van der Waals surface area (Å²) in [7, 11) is 0. The van der Waals surface area contributed by atoms with Gasteiger partial charge in [0.05, 0.1) is 0 Å². The van der Waals surface area contributed by atoms with Crippen LogP contribution in [0.25, 0.3) is 5.57 Å². The van der Waals surface area contributed by atoms with Gasteiger partial charge in [0, 0.05) is 5.41 Å². The van der Waals surface area contributed by atoms with Gasteiger partial charge in [0.2, 0.25) is 0 Å². The molecule has 0 aliphatic heterocycles. The van der Waals surface area contributed by atoms with Gasteiger partial charge in [-0.3, -0.25) is 0 Å². The molecule has 1 aliphatic carbocycles. The zero-order valence-corrected chi connectivity index (χ0v) is 22.0. The Morgan fingerprint density at radius 2 is 1.19 bits per heavy atom. The number of hydrogen-bond acceptors (Lipinski definition) is 0. The van der Waals surface area contributed by atoms with Gasteiger partial charge in [0.25, 0.3) is 0 Å². The summed E-state index contributed by atoms with van der Waals surface area (Å²) in [6.07, 6.45) is 10.6. The van der Waals surface area contributed by atoms with E-state index in [9.17, 15) is 0 Å². The van der Waals surface area contributed by atoms with Gasteiger partial charge in [-0.25, -0.2) is 0 Å². The molecule has 0 atom stereocenters. The van der Waals surface area contributed by atoms with Crippen LogP contribution in [-0.2, 0) is 27.1 Å². The standard InChI is InChI=1S/C28H27.3ClH.Ti/c1-2-3-21-28(25-15-9-5-10-16-25,26-17-11-6-12-18-26)27-20-19-24(22-27)23-13-7-4-8-14-23;;;;/h4-19H,2-3,20-21H2,1H3;3*1H;/q-1;;;;+4/p-3. The van der Waals surface area contributed by atoms with Crippen LogP contribution in [0.4, 0.5) is 0 Å². The van der Waals surface area contributed by atoms with Crippen molar-refractivity contribution in [2.75, 3.05) is 0 Å². The summed E-state index contributed by atoms with van der Waals surface area (Å²) in [5.41, 5.74) is 6.49. The van der Waals surface area contributed by atoms with E-state index < -0.39 is 0 Å². The molecule has 0 radical (unpaired) electrons. The van der Waals surface area contributed by atoms with Gasteiger partial charge in [-0.15, -0.1) is 23.3 Å². The molecule has 0 bridgehead atoms. The van der Waals surface area contributed by atoms with Crippen molar-refractivity contribution in [1.29, 1.82) is 0 Å². The first kappa shape index (κ1) is 30.7. The van der Waals surface area contributed by atoms with Crippen LogP contribution in [-0.4, -0.2) is 0 Å². The molecule has 4 rings (SSSR count). The van der Waals surface area contributed by atoms with Crippen LogP contribution in [0.15, 0.2) is 103 Å². The van der Waals surface area contributed by atoms with Crippen molar-refractivity contribution in [1.82, 2.24) is 0 Å². The maximum atomic E-state index is 3.83. The molecule has 0 amide bonds. The van der Waals surface area contributed by atoms with E-state index in [1.165, 1.54) is 40.7 Å². The SMILES string of the molecule is CCCCC(C1=[C-]C(c2ccccc2)=CC1)(c1ccccc1)c1ccccc1.[Cl-].[Cl-].[Cl-].[Ti+4]. The van der Waals surface area contributed by atoms with Crippen molar-refractivity contribution in [2.24, 2.45) is 0 Å². The number of rotatable bonds is 7. The van der Waals surface area contributed by atoms with E-state index >= 15 is 0 Å². The number of allylic oxidation sites excluding steroid dienone is 4. The summed E-state index contributed by atoms with van der Waals surface area (Å²) in [5.74, 6) is 0. The normalized spacial score (nSPS) is 12.2. The fourth-order valence-electron chi connectivity index (χ4n) is 4.40. The summed E-state index contributed by atoms with van der Waals surface area (Å²) in [6.45, 7) is 2.28. The summed E-state index contributed by atoms with van der Waals surface area (Å²) in [6, 6.07) is 32.7. The molecule has 3 aromatic rings. The van der Waals surface area contributed by atoms with E-state index in [0.717, 1.165) is 12.8 Å². The largest absolute Gasteiger partial charge is 4.00 e. The summed E-state index contributed by atoms with van der Waals surface area (Å²) < 4.78 is 0. The Morgan fingerprint density at radius 3 is 1.66 bits per heavy atom. The number of benzene rings is 3. The van der Waals surface area contributed by atoms with Crippen LogP contribution in [0, 0.1) is 6.08 Å². The molecular weight excluding hydrogens is 491 g/mol. The predicted octanol–water partition coefficient (Wildman–Crippen LogP) is -1.61. The first-order chi connectivity index (χ1) is 13.8. The average Bonchev–Trinajstić information content (AvgIpc) is 3.27. The second-order valence-corrected chi connectivity index (χ2v) is 7.53. The quantitative estimate of drug-likeness (QED) is 0.261. The molecule has 0 unspecified atom stereocenters. The van der Waals surface area contributed by atoms with Crippen molar-refractivity contribution in [3.63, 3.8) is 0 Å². The van der Waals surface area contributed by atoms with Crippen LogP contribution >= 0.6 is 0 Å². The zero-order chi connectivity index (χ0) is 19.2. The Hall–Kier alpha value is -1.28. The van der Waals surface area contributed by atoms with Crippen LogP contribution in [0.3, 0.4) is 0 Å². The third-order valence-corrected chi connectivity index (χ3v) is 5.83. The third kappa shape index (κ3) is 6.40. The number of hydrogen-bond donors (Lipinski definition) is 0. The Morgan fingerprint density at radius 1 is 0.719 bits per heavy atom. The van der Waals surface area contributed by atoms with Gasteiger partial charge in [0.15, 0.2) is 0 Å². The molecular formula is C28H27Cl3Ti. The van der Waals surface area contributed by atoms with E-state index in [1.807, 2.05) is 0 Å². The fourth-order valence-corrected chi connectivity index (χ4v) is 4.40. The molecule has 0 heterocycles. The first-order valence-corrected chi connectivity index (χ1v) is 10.3. The molecule has 3 aromatic carbocycles. The topological polar surface area (TPSA) is 0 Å². The Balaban J connectivity index is 0.00000240. The maximum absolute atomic E-state index is 3.83. The van der Waals surface area contributed by atoms with Crippen molar-refractivity contribution >= 4 is 5.57 Å². The van der Waals surface area contributed by atoms with Gasteiger partial charge in [0.1, 0.15) is 0 Å². The second-order valence-electron chi connectivity index (χ2n) is 7.53. The third-order valence-electron chi connectivity index (χ3n) is 5.83. The molecule has 0 saturated heterocycles. The molecule has 32 heavy (non-hydrogen) atoms. The van der Waals surface area contributed by atoms with Crippen LogP contribution in [0.5, 0.6) is 0 Å². The van der Waals surface area contributed by atoms with Crippen LogP contribution < -0.4 is 37.2 Å². The van der Waals surface area contributed by atoms with Crippen molar-refractivity contribution in [2.45, 2.75) is 38.0 Å². The molecule has 0 aromatic heterocycles. The molecule has 0 spiro atoms. The molecule has 0 fully saturated rings. The minimum atomic E-state index is -0.119. The first-order valence-electron chi connectivity index (χ1n) is 10.3. The maximum Gasteiger partial charge on any atom is 4.00 e. The van der Waals surface area contributed by atoms with Crippen LogP contribution in [0.1, 0.15) is 49.3 Å². The minimum absolute atomic E-state index is 0. The van der Waals surface area contributed by atoms with Crippen molar-refractivity contribution in [3.05, 3.63) is 125 Å². The molecule has 0 nitrogen and oxygen atoms in total. The van der Waals surface area contributed by atoms with E-state index in [1.54, 1.807) is 0 Å².